The second-order valence-electron chi connectivity index (χ2n) is 3.72. The van der Waals surface area contributed by atoms with Gasteiger partial charge >= 0.3 is 0 Å². The Balaban J connectivity index is 2.09. The fraction of sp³-hybridized carbons (Fsp3) is 0.700. The number of hydrogen-bond donors (Lipinski definition) is 1. The fourth-order valence-electron chi connectivity index (χ4n) is 1.78. The van der Waals surface area contributed by atoms with E-state index in [1.54, 1.807) is 6.20 Å². The molecule has 82 valence electrons. The molecule has 1 aliphatic rings. The summed E-state index contributed by atoms with van der Waals surface area (Å²) in [6.07, 6.45) is 4.96. The van der Waals surface area contributed by atoms with E-state index < -0.39 is 0 Å². The van der Waals surface area contributed by atoms with Gasteiger partial charge in [-0.2, -0.15) is 16.9 Å². The van der Waals surface area contributed by atoms with Crippen molar-refractivity contribution in [2.45, 2.75) is 25.2 Å². The van der Waals surface area contributed by atoms with E-state index in [2.05, 4.69) is 15.2 Å². The maximum atomic E-state index is 5.48. The third kappa shape index (κ3) is 2.89. The standard InChI is InChI=1S/C10H16N4S/c11-4-1-10-13-9(7-12-14-10)8-2-5-15-6-3-8/h7-8H,1-6,11H2. The number of aromatic nitrogens is 3. The molecular formula is C10H16N4S. The molecule has 0 atom stereocenters. The Hall–Kier alpha value is -0.680. The molecule has 0 spiro atoms. The lowest BCUT2D eigenvalue weighted by Crippen LogP contribution is -2.13. The average Bonchev–Trinajstić information content (AvgIpc) is 2.31. The summed E-state index contributed by atoms with van der Waals surface area (Å²) in [5.41, 5.74) is 6.58. The van der Waals surface area contributed by atoms with Crippen molar-refractivity contribution in [1.82, 2.24) is 15.2 Å². The van der Waals surface area contributed by atoms with E-state index in [4.69, 9.17) is 5.73 Å². The molecule has 2 N–H and O–H groups in total. The molecule has 0 bridgehead atoms. The smallest absolute Gasteiger partial charge is 0.152 e. The lowest BCUT2D eigenvalue weighted by Gasteiger charge is -2.20. The van der Waals surface area contributed by atoms with Crippen LogP contribution in [0.2, 0.25) is 0 Å². The van der Waals surface area contributed by atoms with Crippen molar-refractivity contribution >= 4 is 11.8 Å². The van der Waals surface area contributed by atoms with E-state index in [1.807, 2.05) is 11.8 Å². The summed E-state index contributed by atoms with van der Waals surface area (Å²) in [7, 11) is 0. The van der Waals surface area contributed by atoms with Crippen LogP contribution in [0.3, 0.4) is 0 Å². The maximum absolute atomic E-state index is 5.48. The van der Waals surface area contributed by atoms with Gasteiger partial charge in [0.05, 0.1) is 11.9 Å². The Kier molecular flexibility index (Phi) is 3.91. The summed E-state index contributed by atoms with van der Waals surface area (Å²) < 4.78 is 0. The van der Waals surface area contributed by atoms with Gasteiger partial charge in [-0.05, 0) is 30.9 Å². The van der Waals surface area contributed by atoms with Crippen LogP contribution in [0.1, 0.15) is 30.3 Å². The van der Waals surface area contributed by atoms with Crippen molar-refractivity contribution in [3.63, 3.8) is 0 Å². The van der Waals surface area contributed by atoms with Gasteiger partial charge in [-0.1, -0.05) is 0 Å². The van der Waals surface area contributed by atoms with E-state index in [1.165, 1.54) is 24.3 Å². The molecule has 15 heavy (non-hydrogen) atoms. The Morgan fingerprint density at radius 1 is 1.40 bits per heavy atom. The predicted octanol–water partition coefficient (Wildman–Crippen LogP) is 0.983. The van der Waals surface area contributed by atoms with Gasteiger partial charge in [0.25, 0.3) is 0 Å². The first kappa shape index (κ1) is 10.8. The Morgan fingerprint density at radius 2 is 2.20 bits per heavy atom. The molecule has 1 saturated heterocycles. The van der Waals surface area contributed by atoms with Crippen LogP contribution in [-0.2, 0) is 6.42 Å². The number of hydrogen-bond acceptors (Lipinski definition) is 5. The van der Waals surface area contributed by atoms with Crippen molar-refractivity contribution in [2.24, 2.45) is 5.73 Å². The lowest BCUT2D eigenvalue weighted by atomic mass is 9.99. The molecule has 2 rings (SSSR count). The SMILES string of the molecule is NCCc1nncc(C2CCSCC2)n1. The minimum Gasteiger partial charge on any atom is -0.330 e. The third-order valence-corrected chi connectivity index (χ3v) is 3.68. The summed E-state index contributed by atoms with van der Waals surface area (Å²) in [5, 5.41) is 7.98. The zero-order chi connectivity index (χ0) is 10.5. The average molecular weight is 224 g/mol. The van der Waals surface area contributed by atoms with Crippen LogP contribution in [0.15, 0.2) is 6.20 Å². The molecule has 1 aromatic rings. The zero-order valence-corrected chi connectivity index (χ0v) is 9.54. The molecule has 0 aromatic carbocycles. The van der Waals surface area contributed by atoms with E-state index in [0.29, 0.717) is 12.5 Å². The van der Waals surface area contributed by atoms with Gasteiger partial charge in [0, 0.05) is 12.3 Å². The summed E-state index contributed by atoms with van der Waals surface area (Å²) in [6, 6.07) is 0. The molecule has 1 aliphatic heterocycles. The summed E-state index contributed by atoms with van der Waals surface area (Å²) in [4.78, 5) is 4.52. The number of rotatable bonds is 3. The van der Waals surface area contributed by atoms with Crippen molar-refractivity contribution in [3.05, 3.63) is 17.7 Å². The van der Waals surface area contributed by atoms with Gasteiger partial charge in [0.2, 0.25) is 0 Å². The molecule has 5 heteroatoms. The van der Waals surface area contributed by atoms with Crippen LogP contribution >= 0.6 is 11.8 Å². The summed E-state index contributed by atoms with van der Waals surface area (Å²) in [5.74, 6) is 3.84. The molecule has 2 heterocycles. The van der Waals surface area contributed by atoms with Crippen LogP contribution < -0.4 is 5.73 Å². The van der Waals surface area contributed by atoms with Crippen molar-refractivity contribution in [1.29, 1.82) is 0 Å². The van der Waals surface area contributed by atoms with Crippen LogP contribution in [0.5, 0.6) is 0 Å². The third-order valence-electron chi connectivity index (χ3n) is 2.63. The molecule has 1 fully saturated rings. The molecule has 0 aliphatic carbocycles. The number of nitrogens with zero attached hydrogens (tertiary/aromatic N) is 3. The summed E-state index contributed by atoms with van der Waals surface area (Å²) in [6.45, 7) is 0.589. The molecule has 4 nitrogen and oxygen atoms in total. The molecule has 0 amide bonds. The van der Waals surface area contributed by atoms with E-state index in [0.717, 1.165) is 17.9 Å². The Labute approximate surface area is 94.1 Å². The highest BCUT2D eigenvalue weighted by atomic mass is 32.2. The van der Waals surface area contributed by atoms with Crippen molar-refractivity contribution in [2.75, 3.05) is 18.1 Å². The van der Waals surface area contributed by atoms with Gasteiger partial charge in [-0.25, -0.2) is 4.98 Å². The Bertz CT molecular complexity index is 312. The minimum absolute atomic E-state index is 0.582. The number of thioether (sulfide) groups is 1. The van der Waals surface area contributed by atoms with Crippen LogP contribution in [0, 0.1) is 0 Å². The van der Waals surface area contributed by atoms with Gasteiger partial charge in [-0.3, -0.25) is 0 Å². The summed E-state index contributed by atoms with van der Waals surface area (Å²) >= 11 is 2.02. The van der Waals surface area contributed by atoms with Crippen LogP contribution in [-0.4, -0.2) is 33.2 Å². The highest BCUT2D eigenvalue weighted by molar-refractivity contribution is 7.99. The topological polar surface area (TPSA) is 64.7 Å². The van der Waals surface area contributed by atoms with Crippen LogP contribution in [0.4, 0.5) is 0 Å². The molecule has 0 saturated carbocycles. The number of nitrogens with two attached hydrogens (primary N) is 1. The molecule has 0 radical (unpaired) electrons. The molecule has 1 aromatic heterocycles. The minimum atomic E-state index is 0.582. The second kappa shape index (κ2) is 5.42. The largest absolute Gasteiger partial charge is 0.330 e. The van der Waals surface area contributed by atoms with Gasteiger partial charge in [0.15, 0.2) is 5.82 Å². The van der Waals surface area contributed by atoms with Crippen LogP contribution in [0.25, 0.3) is 0 Å². The first-order valence-corrected chi connectivity index (χ1v) is 6.52. The van der Waals surface area contributed by atoms with E-state index in [9.17, 15) is 0 Å². The molecule has 0 unspecified atom stereocenters. The normalized spacial score (nSPS) is 17.9. The van der Waals surface area contributed by atoms with Gasteiger partial charge < -0.3 is 5.73 Å². The fourth-order valence-corrected chi connectivity index (χ4v) is 2.89. The second-order valence-corrected chi connectivity index (χ2v) is 4.95. The highest BCUT2D eigenvalue weighted by Crippen LogP contribution is 2.29. The monoisotopic (exact) mass is 224 g/mol. The molecular weight excluding hydrogens is 208 g/mol. The van der Waals surface area contributed by atoms with Crippen molar-refractivity contribution in [3.8, 4) is 0 Å². The van der Waals surface area contributed by atoms with Gasteiger partial charge in [-0.15, -0.1) is 5.10 Å². The van der Waals surface area contributed by atoms with E-state index >= 15 is 0 Å². The zero-order valence-electron chi connectivity index (χ0n) is 8.72. The predicted molar refractivity (Wildman–Crippen MR) is 61.9 cm³/mol. The quantitative estimate of drug-likeness (QED) is 0.829. The van der Waals surface area contributed by atoms with Gasteiger partial charge in [0.1, 0.15) is 0 Å². The maximum Gasteiger partial charge on any atom is 0.152 e. The highest BCUT2D eigenvalue weighted by Gasteiger charge is 2.17. The first-order valence-electron chi connectivity index (χ1n) is 5.36. The Morgan fingerprint density at radius 3 is 2.93 bits per heavy atom. The lowest BCUT2D eigenvalue weighted by molar-refractivity contribution is 0.602. The van der Waals surface area contributed by atoms with Crippen molar-refractivity contribution < 1.29 is 0 Å². The van der Waals surface area contributed by atoms with E-state index in [-0.39, 0.29) is 0 Å². The first-order chi connectivity index (χ1) is 7.40.